The summed E-state index contributed by atoms with van der Waals surface area (Å²) in [4.78, 5) is 8.36. The molecule has 1 N–H and O–H groups in total. The quantitative estimate of drug-likeness (QED) is 0.444. The summed E-state index contributed by atoms with van der Waals surface area (Å²) >= 11 is 5.99. The Hall–Kier alpha value is -3.43. The van der Waals surface area contributed by atoms with Gasteiger partial charge in [-0.1, -0.05) is 35.0 Å². The number of rotatable bonds is 7. The summed E-state index contributed by atoms with van der Waals surface area (Å²) in [7, 11) is -2.57. The number of anilines is 1. The first-order valence-electron chi connectivity index (χ1n) is 9.13. The predicted molar refractivity (Wildman–Crippen MR) is 116 cm³/mol. The molecule has 2 aromatic carbocycles. The largest absolute Gasteiger partial charge is 0.495 e. The highest BCUT2D eigenvalue weighted by molar-refractivity contribution is 7.92. The molecule has 0 atom stereocenters. The molecule has 4 aromatic rings. The van der Waals surface area contributed by atoms with Gasteiger partial charge < -0.3 is 9.26 Å². The average molecular weight is 457 g/mol. The molecule has 0 bridgehead atoms. The number of benzene rings is 2. The molecule has 0 unspecified atom stereocenters. The lowest BCUT2D eigenvalue weighted by atomic mass is 10.1. The van der Waals surface area contributed by atoms with Crippen molar-refractivity contribution in [2.75, 3.05) is 11.8 Å². The van der Waals surface area contributed by atoms with Gasteiger partial charge in [-0.3, -0.25) is 9.71 Å². The minimum Gasteiger partial charge on any atom is -0.495 e. The second-order valence-corrected chi connectivity index (χ2v) is 8.58. The topological polar surface area (TPSA) is 107 Å². The molecule has 158 valence electrons. The number of nitrogens with one attached hydrogen (secondary N) is 1. The summed E-state index contributed by atoms with van der Waals surface area (Å²) < 4.78 is 39.2. The van der Waals surface area contributed by atoms with Crippen LogP contribution in [0.25, 0.3) is 11.4 Å². The maximum atomic E-state index is 13.0. The third-order valence-electron chi connectivity index (χ3n) is 4.41. The molecule has 0 aliphatic heterocycles. The lowest BCUT2D eigenvalue weighted by Gasteiger charge is -2.14. The Labute approximate surface area is 183 Å². The maximum Gasteiger partial charge on any atom is 0.265 e. The van der Waals surface area contributed by atoms with Gasteiger partial charge in [-0.2, -0.15) is 4.98 Å². The van der Waals surface area contributed by atoms with Crippen molar-refractivity contribution in [3.05, 3.63) is 83.5 Å². The highest BCUT2D eigenvalue weighted by atomic mass is 35.5. The Morgan fingerprint density at radius 3 is 2.74 bits per heavy atom. The van der Waals surface area contributed by atoms with E-state index in [1.54, 1.807) is 48.8 Å². The van der Waals surface area contributed by atoms with Gasteiger partial charge in [0, 0.05) is 23.0 Å². The van der Waals surface area contributed by atoms with E-state index < -0.39 is 10.0 Å². The molecular weight excluding hydrogens is 440 g/mol. The monoisotopic (exact) mass is 456 g/mol. The van der Waals surface area contributed by atoms with E-state index in [2.05, 4.69) is 19.8 Å². The van der Waals surface area contributed by atoms with Crippen LogP contribution in [-0.2, 0) is 16.4 Å². The van der Waals surface area contributed by atoms with Crippen LogP contribution < -0.4 is 9.46 Å². The third-order valence-corrected chi connectivity index (χ3v) is 6.03. The van der Waals surface area contributed by atoms with Crippen LogP contribution in [0, 0.1) is 0 Å². The van der Waals surface area contributed by atoms with E-state index in [1.807, 2.05) is 6.07 Å². The summed E-state index contributed by atoms with van der Waals surface area (Å²) in [5, 5.41) is 4.25. The number of para-hydroxylation sites is 1. The van der Waals surface area contributed by atoms with Gasteiger partial charge >= 0.3 is 0 Å². The lowest BCUT2D eigenvalue weighted by molar-refractivity contribution is 0.386. The summed E-state index contributed by atoms with van der Waals surface area (Å²) in [6.45, 7) is 0. The van der Waals surface area contributed by atoms with Gasteiger partial charge in [-0.15, -0.1) is 0 Å². The lowest BCUT2D eigenvalue weighted by Crippen LogP contribution is -2.15. The van der Waals surface area contributed by atoms with Gasteiger partial charge in [-0.25, -0.2) is 8.42 Å². The summed E-state index contributed by atoms with van der Waals surface area (Å²) in [6.07, 6.45) is 3.52. The van der Waals surface area contributed by atoms with E-state index in [4.69, 9.17) is 20.9 Å². The van der Waals surface area contributed by atoms with Crippen LogP contribution in [0.4, 0.5) is 5.69 Å². The fourth-order valence-corrected chi connectivity index (χ4v) is 4.47. The van der Waals surface area contributed by atoms with Crippen LogP contribution in [0.15, 0.2) is 76.4 Å². The third kappa shape index (κ3) is 4.68. The number of methoxy groups -OCH3 is 1. The van der Waals surface area contributed by atoms with Crippen molar-refractivity contribution in [3.63, 3.8) is 0 Å². The van der Waals surface area contributed by atoms with Crippen molar-refractivity contribution in [1.29, 1.82) is 0 Å². The van der Waals surface area contributed by atoms with E-state index in [0.717, 1.165) is 5.56 Å². The second-order valence-electron chi connectivity index (χ2n) is 6.49. The maximum absolute atomic E-state index is 13.0. The number of pyridine rings is 1. The number of sulfonamides is 1. The Bertz CT molecular complexity index is 1310. The molecule has 8 nitrogen and oxygen atoms in total. The van der Waals surface area contributed by atoms with Crippen LogP contribution in [0.1, 0.15) is 11.5 Å². The van der Waals surface area contributed by atoms with E-state index in [-0.39, 0.29) is 22.1 Å². The Kier molecular flexibility index (Phi) is 5.88. The van der Waals surface area contributed by atoms with Crippen LogP contribution in [-0.4, -0.2) is 30.7 Å². The molecule has 0 saturated heterocycles. The minimum absolute atomic E-state index is 0.0612. The van der Waals surface area contributed by atoms with Gasteiger partial charge in [0.15, 0.2) is 0 Å². The van der Waals surface area contributed by atoms with Crippen LogP contribution >= 0.6 is 11.6 Å². The van der Waals surface area contributed by atoms with Gasteiger partial charge in [0.25, 0.3) is 10.0 Å². The van der Waals surface area contributed by atoms with Gasteiger partial charge in [0.1, 0.15) is 10.6 Å². The summed E-state index contributed by atoms with van der Waals surface area (Å²) in [5.74, 6) is 0.933. The molecule has 2 heterocycles. The molecule has 0 spiro atoms. The van der Waals surface area contributed by atoms with E-state index in [0.29, 0.717) is 23.0 Å². The Morgan fingerprint density at radius 2 is 1.97 bits per heavy atom. The number of hydrogen-bond acceptors (Lipinski definition) is 7. The van der Waals surface area contributed by atoms with Gasteiger partial charge in [-0.05, 0) is 42.0 Å². The van der Waals surface area contributed by atoms with Crippen molar-refractivity contribution < 1.29 is 17.7 Å². The first-order chi connectivity index (χ1) is 15.0. The van der Waals surface area contributed by atoms with E-state index in [9.17, 15) is 8.42 Å². The first kappa shape index (κ1) is 20.8. The molecule has 31 heavy (non-hydrogen) atoms. The molecule has 10 heteroatoms. The molecule has 2 aromatic heterocycles. The number of nitrogens with zero attached hydrogens (tertiary/aromatic N) is 3. The Balaban J connectivity index is 1.61. The van der Waals surface area contributed by atoms with E-state index in [1.165, 1.54) is 19.2 Å². The number of aromatic nitrogens is 3. The average Bonchev–Trinajstić information content (AvgIpc) is 3.24. The predicted octanol–water partition coefficient (Wildman–Crippen LogP) is 4.19. The molecule has 0 aliphatic rings. The van der Waals surface area contributed by atoms with Gasteiger partial charge in [0.2, 0.25) is 11.7 Å². The zero-order chi connectivity index (χ0) is 21.8. The smallest absolute Gasteiger partial charge is 0.265 e. The molecule has 0 radical (unpaired) electrons. The van der Waals surface area contributed by atoms with Crippen molar-refractivity contribution in [1.82, 2.24) is 15.1 Å². The Morgan fingerprint density at radius 1 is 1.13 bits per heavy atom. The number of hydrogen-bond donors (Lipinski definition) is 1. The molecule has 0 amide bonds. The standard InChI is InChI=1S/C21H17ClN4O4S/c1-29-18-9-8-16(22)12-19(18)31(27,28)26-17-7-3-2-5-14(17)11-20-24-21(25-30-20)15-6-4-10-23-13-15/h2-10,12-13,26H,11H2,1H3. The fraction of sp³-hybridized carbons (Fsp3) is 0.0952. The highest BCUT2D eigenvalue weighted by Gasteiger charge is 2.22. The minimum atomic E-state index is -3.97. The molecule has 0 saturated carbocycles. The van der Waals surface area contributed by atoms with Crippen LogP contribution in [0.3, 0.4) is 0 Å². The van der Waals surface area contributed by atoms with Gasteiger partial charge in [0.05, 0.1) is 19.2 Å². The molecular formula is C21H17ClN4O4S. The zero-order valence-electron chi connectivity index (χ0n) is 16.3. The molecule has 0 fully saturated rings. The fourth-order valence-electron chi connectivity index (χ4n) is 2.94. The first-order valence-corrected chi connectivity index (χ1v) is 11.0. The summed E-state index contributed by atoms with van der Waals surface area (Å²) in [6, 6.07) is 15.0. The van der Waals surface area contributed by atoms with E-state index >= 15 is 0 Å². The SMILES string of the molecule is COc1ccc(Cl)cc1S(=O)(=O)Nc1ccccc1Cc1nc(-c2cccnc2)no1. The number of ether oxygens (including phenoxy) is 1. The van der Waals surface area contributed by atoms with Crippen LogP contribution in [0.5, 0.6) is 5.75 Å². The summed E-state index contributed by atoms with van der Waals surface area (Å²) in [5.41, 5.74) is 1.76. The van der Waals surface area contributed by atoms with Crippen molar-refractivity contribution in [3.8, 4) is 17.1 Å². The number of halogens is 1. The molecule has 0 aliphatic carbocycles. The van der Waals surface area contributed by atoms with Crippen molar-refractivity contribution in [2.45, 2.75) is 11.3 Å². The normalized spacial score (nSPS) is 11.3. The second kappa shape index (κ2) is 8.75. The zero-order valence-corrected chi connectivity index (χ0v) is 17.9. The van der Waals surface area contributed by atoms with Crippen molar-refractivity contribution >= 4 is 27.3 Å². The highest BCUT2D eigenvalue weighted by Crippen LogP contribution is 2.30. The molecule has 4 rings (SSSR count). The van der Waals surface area contributed by atoms with Crippen LogP contribution in [0.2, 0.25) is 5.02 Å². The van der Waals surface area contributed by atoms with Crippen molar-refractivity contribution in [2.24, 2.45) is 0 Å².